The summed E-state index contributed by atoms with van der Waals surface area (Å²) in [5.41, 5.74) is 4.97. The van der Waals surface area contributed by atoms with Gasteiger partial charge in [-0.15, -0.1) is 5.92 Å². The Morgan fingerprint density at radius 3 is 2.65 bits per heavy atom. The summed E-state index contributed by atoms with van der Waals surface area (Å²) >= 11 is 0. The Labute approximate surface area is 219 Å². The van der Waals surface area contributed by atoms with Gasteiger partial charge in [-0.05, 0) is 67.3 Å². The Morgan fingerprint density at radius 2 is 1.92 bits per heavy atom. The molecule has 1 aromatic heterocycles. The van der Waals surface area contributed by atoms with Gasteiger partial charge >= 0.3 is 0 Å². The minimum atomic E-state index is -2.67. The van der Waals surface area contributed by atoms with Gasteiger partial charge in [0.1, 0.15) is 11.6 Å². The van der Waals surface area contributed by atoms with Crippen LogP contribution in [0, 0.1) is 17.7 Å². The molecule has 3 aromatic carbocycles. The molecule has 1 amide bonds. The topological polar surface area (TPSA) is 55.2 Å². The first kappa shape index (κ1) is 20.4. The van der Waals surface area contributed by atoms with Gasteiger partial charge < -0.3 is 14.0 Å². The first-order valence-corrected chi connectivity index (χ1v) is 14.9. The number of hydrogen-bond donors (Lipinski definition) is 0. The number of carbonyl (C=O) groups excluding carboxylic acids is 1. The van der Waals surface area contributed by atoms with Crippen LogP contribution in [0.25, 0.3) is 22.2 Å². The van der Waals surface area contributed by atoms with E-state index in [0.29, 0.717) is 45.6 Å². The third-order valence-corrected chi connectivity index (χ3v) is 8.27. The lowest BCUT2D eigenvalue weighted by Gasteiger charge is -2.24. The van der Waals surface area contributed by atoms with E-state index in [1.54, 1.807) is 38.5 Å². The first-order chi connectivity index (χ1) is 18.9. The number of amides is 1. The molecule has 37 heavy (non-hydrogen) atoms. The molecule has 4 aromatic rings. The molecule has 3 heterocycles. The highest BCUT2D eigenvalue weighted by Crippen LogP contribution is 2.48. The number of aromatic nitrogens is 2. The molecule has 0 aliphatic carbocycles. The number of hydrogen-bond acceptors (Lipinski definition) is 3. The number of imidazole rings is 1. The Balaban J connectivity index is 1.55. The first-order valence-electron chi connectivity index (χ1n) is 13.6. The molecule has 0 saturated carbocycles. The van der Waals surface area contributed by atoms with Crippen molar-refractivity contribution in [3.8, 4) is 23.0 Å². The van der Waals surface area contributed by atoms with Gasteiger partial charge in [0.15, 0.2) is 0 Å². The maximum Gasteiger partial charge on any atom is 0.254 e. The molecule has 2 bridgehead atoms. The van der Waals surface area contributed by atoms with E-state index < -0.39 is 31.9 Å². The minimum absolute atomic E-state index is 0.193. The smallest absolute Gasteiger partial charge is 0.254 e. The average molecular weight is 515 g/mol. The number of carbonyl (C=O) groups is 1. The molecule has 0 radical (unpaired) electrons. The summed E-state index contributed by atoms with van der Waals surface area (Å²) in [5, 5.41) is 0. The quantitative estimate of drug-likeness (QED) is 0.233. The van der Waals surface area contributed by atoms with Crippen LogP contribution in [0.15, 0.2) is 54.6 Å². The predicted molar refractivity (Wildman–Crippen MR) is 145 cm³/mol. The maximum atomic E-state index is 15.0. The molecule has 186 valence electrons. The number of nitrogens with zero attached hydrogens (tertiary/aromatic N) is 3. The number of benzene rings is 3. The molecule has 0 N–H and O–H groups in total. The number of rotatable bonds is 3. The highest BCUT2D eigenvalue weighted by atomic mass is 31.2. The van der Waals surface area contributed by atoms with Crippen LogP contribution in [0.3, 0.4) is 0 Å². The fraction of sp³-hybridized carbons (Fsp3) is 0.267. The number of fused-ring (bicyclic) bond motifs is 9. The molecular weight excluding hydrogens is 484 g/mol. The SMILES string of the molecule is [2H]C([2H])([2H])N1C(=O)c2cccc(C#CC)c2[C@H]2C[C@@H]1c1nc3ccc(-c4ccc(CP(C)(C)=O)c(F)c4)cc3n12. The molecule has 0 saturated heterocycles. The van der Waals surface area contributed by atoms with E-state index >= 15 is 0 Å². The Kier molecular flexibility index (Phi) is 4.65. The standard InChI is InChI=1S/C30H27FN3O2P/c1-5-7-18-8-6-9-22-28(18)26-16-27(33(2)30(22)35)29-32-24-13-12-20(15-25(24)34(26)29)19-10-11-21(23(31)14-19)17-37(3,4)36/h6,8-15,26-27H,16-17H2,1-4H3/t26-,27-/m1/s1/i2D3. The van der Waals surface area contributed by atoms with Gasteiger partial charge in [-0.2, -0.15) is 0 Å². The van der Waals surface area contributed by atoms with Gasteiger partial charge in [-0.3, -0.25) is 4.79 Å². The lowest BCUT2D eigenvalue weighted by molar-refractivity contribution is 0.0734. The summed E-state index contributed by atoms with van der Waals surface area (Å²) in [7, 11) is -2.44. The molecule has 2 aliphatic heterocycles. The summed E-state index contributed by atoms with van der Waals surface area (Å²) < 4.78 is 53.9. The molecule has 0 spiro atoms. The zero-order valence-corrected chi connectivity index (χ0v) is 21.6. The third kappa shape index (κ3) is 3.81. The van der Waals surface area contributed by atoms with Crippen LogP contribution < -0.4 is 0 Å². The zero-order valence-electron chi connectivity index (χ0n) is 23.7. The molecule has 2 atom stereocenters. The molecule has 7 heteroatoms. The van der Waals surface area contributed by atoms with Crippen LogP contribution in [0.2, 0.25) is 0 Å². The zero-order chi connectivity index (χ0) is 28.6. The van der Waals surface area contributed by atoms with Crippen molar-refractivity contribution in [2.24, 2.45) is 0 Å². The van der Waals surface area contributed by atoms with E-state index in [4.69, 9.17) is 9.10 Å². The van der Waals surface area contributed by atoms with Crippen molar-refractivity contribution < 1.29 is 17.9 Å². The van der Waals surface area contributed by atoms with E-state index in [9.17, 15) is 13.8 Å². The molecule has 5 nitrogen and oxygen atoms in total. The van der Waals surface area contributed by atoms with Crippen LogP contribution in [0.5, 0.6) is 0 Å². The van der Waals surface area contributed by atoms with Crippen molar-refractivity contribution in [3.05, 3.63) is 88.5 Å². The second-order valence-electron chi connectivity index (χ2n) is 10.2. The normalized spacial score (nSPS) is 19.8. The van der Waals surface area contributed by atoms with Crippen molar-refractivity contribution in [2.45, 2.75) is 31.6 Å². The summed E-state index contributed by atoms with van der Waals surface area (Å²) in [4.78, 5) is 19.5. The third-order valence-electron chi connectivity index (χ3n) is 7.17. The lowest BCUT2D eigenvalue weighted by atomic mass is 9.93. The summed E-state index contributed by atoms with van der Waals surface area (Å²) in [6.07, 6.45) is 0.553. The van der Waals surface area contributed by atoms with Gasteiger partial charge in [0.05, 0.1) is 30.3 Å². The highest BCUT2D eigenvalue weighted by Gasteiger charge is 2.44. The van der Waals surface area contributed by atoms with Crippen molar-refractivity contribution in [1.29, 1.82) is 0 Å². The van der Waals surface area contributed by atoms with Crippen LogP contribution in [0.4, 0.5) is 4.39 Å². The molecule has 0 unspecified atom stereocenters. The second-order valence-corrected chi connectivity index (χ2v) is 13.6. The van der Waals surface area contributed by atoms with E-state index in [0.717, 1.165) is 16.0 Å². The highest BCUT2D eigenvalue weighted by molar-refractivity contribution is 7.61. The van der Waals surface area contributed by atoms with Gasteiger partial charge in [0, 0.05) is 40.4 Å². The van der Waals surface area contributed by atoms with E-state index in [1.165, 1.54) is 6.07 Å². The monoisotopic (exact) mass is 514 g/mol. The van der Waals surface area contributed by atoms with Crippen molar-refractivity contribution >= 4 is 24.1 Å². The van der Waals surface area contributed by atoms with E-state index in [-0.39, 0.29) is 12.2 Å². The van der Waals surface area contributed by atoms with Crippen molar-refractivity contribution in [2.75, 3.05) is 20.3 Å². The fourth-order valence-corrected chi connectivity index (χ4v) is 6.71. The van der Waals surface area contributed by atoms with Crippen molar-refractivity contribution in [1.82, 2.24) is 14.5 Å². The van der Waals surface area contributed by atoms with E-state index in [2.05, 4.69) is 11.8 Å². The molecular formula is C30H27FN3O2P. The molecule has 2 aliphatic rings. The predicted octanol–water partition coefficient (Wildman–Crippen LogP) is 6.46. The lowest BCUT2D eigenvalue weighted by Crippen LogP contribution is -2.30. The van der Waals surface area contributed by atoms with E-state index in [1.807, 2.05) is 34.9 Å². The van der Waals surface area contributed by atoms with Crippen LogP contribution in [-0.2, 0) is 10.7 Å². The Bertz CT molecular complexity index is 1830. The average Bonchev–Trinajstić information content (AvgIpc) is 3.37. The van der Waals surface area contributed by atoms with Gasteiger partial charge in [0.25, 0.3) is 5.91 Å². The Hall–Kier alpha value is -3.68. The number of halogens is 1. The summed E-state index contributed by atoms with van der Waals surface area (Å²) in [6.45, 7) is 2.34. The molecule has 6 rings (SSSR count). The fourth-order valence-electron chi connectivity index (χ4n) is 5.63. The van der Waals surface area contributed by atoms with Crippen LogP contribution in [0.1, 0.15) is 62.4 Å². The second kappa shape index (κ2) is 8.43. The summed E-state index contributed by atoms with van der Waals surface area (Å²) in [5.74, 6) is 5.56. The Morgan fingerprint density at radius 1 is 1.14 bits per heavy atom. The van der Waals surface area contributed by atoms with Gasteiger partial charge in [-0.1, -0.05) is 30.2 Å². The molecule has 0 fully saturated rings. The van der Waals surface area contributed by atoms with Crippen LogP contribution >= 0.6 is 7.14 Å². The van der Waals surface area contributed by atoms with Gasteiger partial charge in [0.2, 0.25) is 0 Å². The largest absolute Gasteiger partial charge is 0.331 e. The van der Waals surface area contributed by atoms with Crippen molar-refractivity contribution in [3.63, 3.8) is 0 Å². The minimum Gasteiger partial charge on any atom is -0.331 e. The maximum absolute atomic E-state index is 15.0. The summed E-state index contributed by atoms with van der Waals surface area (Å²) in [6, 6.07) is 14.7. The van der Waals surface area contributed by atoms with Crippen LogP contribution in [-0.4, -0.2) is 40.7 Å². The van der Waals surface area contributed by atoms with Gasteiger partial charge in [-0.25, -0.2) is 9.37 Å².